The van der Waals surface area contributed by atoms with Crippen molar-refractivity contribution in [3.05, 3.63) is 23.3 Å². The molecule has 0 aromatic heterocycles. The van der Waals surface area contributed by atoms with Gasteiger partial charge in [-0.1, -0.05) is 37.1 Å². The molecular weight excluding hydrogens is 212 g/mol. The molecule has 0 heterocycles. The van der Waals surface area contributed by atoms with Crippen LogP contribution in [0.2, 0.25) is 0 Å². The van der Waals surface area contributed by atoms with Gasteiger partial charge in [0.1, 0.15) is 5.78 Å². The molecule has 1 rings (SSSR count). The van der Waals surface area contributed by atoms with Crippen LogP contribution in [0.15, 0.2) is 23.3 Å². The largest absolute Gasteiger partial charge is 0.384 e. The molecule has 2 heteroatoms. The monoisotopic (exact) mass is 236 g/mol. The summed E-state index contributed by atoms with van der Waals surface area (Å²) in [5.41, 5.74) is 2.41. The van der Waals surface area contributed by atoms with Crippen LogP contribution in [0.3, 0.4) is 0 Å². The Bertz CT molecular complexity index is 324. The molecule has 0 radical (unpaired) electrons. The van der Waals surface area contributed by atoms with Gasteiger partial charge in [0.05, 0.1) is 5.92 Å². The summed E-state index contributed by atoms with van der Waals surface area (Å²) in [6.45, 7) is 7.06. The second kappa shape index (κ2) is 6.75. The fourth-order valence-corrected chi connectivity index (χ4v) is 2.21. The summed E-state index contributed by atoms with van der Waals surface area (Å²) in [6.07, 6.45) is 6.70. The van der Waals surface area contributed by atoms with Crippen LogP contribution in [-0.4, -0.2) is 19.5 Å². The summed E-state index contributed by atoms with van der Waals surface area (Å²) in [5, 5.41) is 0. The standard InChI is InChI=1S/C15H24O2/c1-11(2)5-8-14(16)15-12(3)6-7-13(15)9-10-17-4/h6-7,11,15H,5,8-10H2,1-4H3. The Kier molecular flexibility index (Phi) is 5.63. The third-order valence-electron chi connectivity index (χ3n) is 3.27. The van der Waals surface area contributed by atoms with Crippen molar-refractivity contribution in [2.24, 2.45) is 11.8 Å². The molecule has 1 aliphatic carbocycles. The fourth-order valence-electron chi connectivity index (χ4n) is 2.21. The zero-order valence-electron chi connectivity index (χ0n) is 11.5. The van der Waals surface area contributed by atoms with E-state index in [4.69, 9.17) is 4.74 Å². The predicted octanol–water partition coefficient (Wildman–Crippen LogP) is 3.53. The SMILES string of the molecule is COCCC1=CC=C(C)C1C(=O)CCC(C)C. The maximum Gasteiger partial charge on any atom is 0.144 e. The Morgan fingerprint density at radius 1 is 1.41 bits per heavy atom. The number of rotatable bonds is 7. The summed E-state index contributed by atoms with van der Waals surface area (Å²) in [5.74, 6) is 0.993. The highest BCUT2D eigenvalue weighted by molar-refractivity contribution is 5.87. The first kappa shape index (κ1) is 14.2. The first-order chi connectivity index (χ1) is 8.06. The van der Waals surface area contributed by atoms with Gasteiger partial charge in [-0.2, -0.15) is 0 Å². The molecule has 0 fully saturated rings. The Morgan fingerprint density at radius 3 is 2.71 bits per heavy atom. The van der Waals surface area contributed by atoms with Crippen LogP contribution < -0.4 is 0 Å². The van der Waals surface area contributed by atoms with Crippen molar-refractivity contribution in [2.45, 2.75) is 40.0 Å². The lowest BCUT2D eigenvalue weighted by atomic mass is 9.87. The van der Waals surface area contributed by atoms with Gasteiger partial charge < -0.3 is 4.74 Å². The summed E-state index contributed by atoms with van der Waals surface area (Å²) in [4.78, 5) is 12.2. The lowest BCUT2D eigenvalue weighted by molar-refractivity contribution is -0.121. The van der Waals surface area contributed by atoms with Gasteiger partial charge in [-0.05, 0) is 25.7 Å². The fraction of sp³-hybridized carbons (Fsp3) is 0.667. The first-order valence-electron chi connectivity index (χ1n) is 6.45. The molecule has 0 amide bonds. The molecule has 0 spiro atoms. The molecular formula is C15H24O2. The smallest absolute Gasteiger partial charge is 0.144 e. The average molecular weight is 236 g/mol. The van der Waals surface area contributed by atoms with Crippen molar-refractivity contribution in [3.63, 3.8) is 0 Å². The number of allylic oxidation sites excluding steroid dienone is 3. The molecule has 1 atom stereocenters. The molecule has 0 saturated carbocycles. The third kappa shape index (κ3) is 4.12. The summed E-state index contributed by atoms with van der Waals surface area (Å²) in [7, 11) is 1.70. The van der Waals surface area contributed by atoms with Crippen LogP contribution in [0.25, 0.3) is 0 Å². The molecule has 0 aliphatic heterocycles. The van der Waals surface area contributed by atoms with E-state index in [9.17, 15) is 4.79 Å². The topological polar surface area (TPSA) is 26.3 Å². The maximum absolute atomic E-state index is 12.2. The Hall–Kier alpha value is -0.890. The van der Waals surface area contributed by atoms with E-state index in [1.165, 1.54) is 11.1 Å². The number of methoxy groups -OCH3 is 1. The molecule has 0 bridgehead atoms. The van der Waals surface area contributed by atoms with Crippen molar-refractivity contribution in [2.75, 3.05) is 13.7 Å². The van der Waals surface area contributed by atoms with Gasteiger partial charge in [0.15, 0.2) is 0 Å². The van der Waals surface area contributed by atoms with Crippen molar-refractivity contribution in [3.8, 4) is 0 Å². The number of hydrogen-bond donors (Lipinski definition) is 0. The summed E-state index contributed by atoms with van der Waals surface area (Å²) >= 11 is 0. The van der Waals surface area contributed by atoms with Gasteiger partial charge in [0.25, 0.3) is 0 Å². The van der Waals surface area contributed by atoms with Crippen LogP contribution in [0.1, 0.15) is 40.0 Å². The van der Waals surface area contributed by atoms with E-state index in [-0.39, 0.29) is 5.92 Å². The van der Waals surface area contributed by atoms with Crippen molar-refractivity contribution >= 4 is 5.78 Å². The Morgan fingerprint density at radius 2 is 2.12 bits per heavy atom. The Balaban J connectivity index is 2.56. The zero-order valence-corrected chi connectivity index (χ0v) is 11.5. The summed E-state index contributed by atoms with van der Waals surface area (Å²) < 4.78 is 5.09. The average Bonchev–Trinajstić information content (AvgIpc) is 2.64. The van der Waals surface area contributed by atoms with Gasteiger partial charge in [-0.25, -0.2) is 0 Å². The molecule has 17 heavy (non-hydrogen) atoms. The number of Topliss-reactive ketones (excluding diaryl/α,β-unsaturated/α-hetero) is 1. The van der Waals surface area contributed by atoms with Crippen molar-refractivity contribution < 1.29 is 9.53 Å². The Labute approximate surface area is 105 Å². The second-order valence-corrected chi connectivity index (χ2v) is 5.23. The van der Waals surface area contributed by atoms with Crippen LogP contribution in [0.4, 0.5) is 0 Å². The van der Waals surface area contributed by atoms with E-state index in [1.807, 2.05) is 6.92 Å². The lowest BCUT2D eigenvalue weighted by Gasteiger charge is -2.16. The van der Waals surface area contributed by atoms with Crippen LogP contribution >= 0.6 is 0 Å². The number of carbonyl (C=O) groups is 1. The van der Waals surface area contributed by atoms with E-state index in [0.29, 0.717) is 24.7 Å². The number of ketones is 1. The highest BCUT2D eigenvalue weighted by Crippen LogP contribution is 2.31. The molecule has 2 nitrogen and oxygen atoms in total. The highest BCUT2D eigenvalue weighted by atomic mass is 16.5. The third-order valence-corrected chi connectivity index (χ3v) is 3.27. The van der Waals surface area contributed by atoms with Gasteiger partial charge in [-0.15, -0.1) is 0 Å². The molecule has 0 N–H and O–H groups in total. The molecule has 0 aromatic carbocycles. The van der Waals surface area contributed by atoms with Crippen LogP contribution in [0.5, 0.6) is 0 Å². The van der Waals surface area contributed by atoms with Gasteiger partial charge in [0, 0.05) is 20.1 Å². The van der Waals surface area contributed by atoms with Gasteiger partial charge in [-0.3, -0.25) is 4.79 Å². The normalized spacial score (nSPS) is 19.5. The van der Waals surface area contributed by atoms with E-state index in [0.717, 1.165) is 12.8 Å². The van der Waals surface area contributed by atoms with Crippen molar-refractivity contribution in [1.29, 1.82) is 0 Å². The first-order valence-corrected chi connectivity index (χ1v) is 6.45. The zero-order chi connectivity index (χ0) is 12.8. The molecule has 1 aliphatic rings. The van der Waals surface area contributed by atoms with E-state index in [1.54, 1.807) is 7.11 Å². The van der Waals surface area contributed by atoms with Gasteiger partial charge >= 0.3 is 0 Å². The minimum Gasteiger partial charge on any atom is -0.384 e. The van der Waals surface area contributed by atoms with E-state index in [2.05, 4.69) is 26.0 Å². The van der Waals surface area contributed by atoms with Crippen LogP contribution in [0, 0.1) is 11.8 Å². The van der Waals surface area contributed by atoms with Gasteiger partial charge in [0.2, 0.25) is 0 Å². The predicted molar refractivity (Wildman–Crippen MR) is 70.9 cm³/mol. The minimum atomic E-state index is 0.0314. The van der Waals surface area contributed by atoms with E-state index >= 15 is 0 Å². The molecule has 0 aromatic rings. The number of hydrogen-bond acceptors (Lipinski definition) is 2. The quantitative estimate of drug-likeness (QED) is 0.676. The number of ether oxygens (including phenoxy) is 1. The number of carbonyl (C=O) groups excluding carboxylic acids is 1. The molecule has 0 saturated heterocycles. The molecule has 96 valence electrons. The minimum absolute atomic E-state index is 0.0314. The lowest BCUT2D eigenvalue weighted by Crippen LogP contribution is -2.17. The highest BCUT2D eigenvalue weighted by Gasteiger charge is 2.26. The van der Waals surface area contributed by atoms with E-state index < -0.39 is 0 Å². The second-order valence-electron chi connectivity index (χ2n) is 5.23. The van der Waals surface area contributed by atoms with Crippen molar-refractivity contribution in [1.82, 2.24) is 0 Å². The molecule has 1 unspecified atom stereocenters. The maximum atomic E-state index is 12.2. The van der Waals surface area contributed by atoms with Crippen LogP contribution in [-0.2, 0) is 9.53 Å². The summed E-state index contributed by atoms with van der Waals surface area (Å²) in [6, 6.07) is 0.